The van der Waals surface area contributed by atoms with Crippen molar-refractivity contribution in [3.05, 3.63) is 69.4 Å². The molecule has 3 aromatic rings. The van der Waals surface area contributed by atoms with E-state index < -0.39 is 17.4 Å². The smallest absolute Gasteiger partial charge is 0.306 e. The second kappa shape index (κ2) is 9.01. The zero-order chi connectivity index (χ0) is 23.7. The normalized spacial score (nSPS) is 18.6. The zero-order valence-corrected chi connectivity index (χ0v) is 18.4. The lowest BCUT2D eigenvalue weighted by Gasteiger charge is -2.27. The highest BCUT2D eigenvalue weighted by atomic mass is 19.1. The molecule has 1 fully saturated rings. The quantitative estimate of drug-likeness (QED) is 0.449. The van der Waals surface area contributed by atoms with Crippen molar-refractivity contribution in [1.29, 1.82) is 0 Å². The van der Waals surface area contributed by atoms with Crippen molar-refractivity contribution in [2.24, 2.45) is 16.1 Å². The summed E-state index contributed by atoms with van der Waals surface area (Å²) in [5, 5.41) is 31.3. The highest BCUT2D eigenvalue weighted by Gasteiger charge is 2.29. The maximum Gasteiger partial charge on any atom is 0.306 e. The van der Waals surface area contributed by atoms with Crippen LogP contribution in [0.2, 0.25) is 0 Å². The van der Waals surface area contributed by atoms with Gasteiger partial charge in [-0.25, -0.2) is 9.07 Å². The molecule has 0 radical (unpaired) electrons. The van der Waals surface area contributed by atoms with Crippen LogP contribution in [-0.4, -0.2) is 26.0 Å². The number of phenolic OH excluding ortho intramolecular Hbond substituents is 1. The molecule has 1 aromatic heterocycles. The Labute approximate surface area is 189 Å². The van der Waals surface area contributed by atoms with Gasteiger partial charge in [0.15, 0.2) is 5.69 Å². The van der Waals surface area contributed by atoms with Gasteiger partial charge in [-0.3, -0.25) is 14.7 Å². The number of phenols is 1. The number of halogens is 1. The standard InChI is InChI=1S/C24H25FN4O4/c1-13-11-17(9-10-19(13)25)29-23(31)21(14(2)28-29)27-26-20-8-4-7-18(22(20)30)15-5-3-6-16(12-15)24(32)33/h4,7-11,15-16,28,30H,3,5-6,12H2,1-2H3,(H,32,33). The molecule has 2 unspecified atom stereocenters. The second-order valence-electron chi connectivity index (χ2n) is 8.47. The molecule has 0 spiro atoms. The lowest BCUT2D eigenvalue weighted by molar-refractivity contribution is -0.143. The molecule has 3 N–H and O–H groups in total. The first-order chi connectivity index (χ1) is 15.8. The molecule has 1 aliphatic rings. The summed E-state index contributed by atoms with van der Waals surface area (Å²) >= 11 is 0. The maximum atomic E-state index is 13.6. The molecule has 0 saturated heterocycles. The molecule has 0 aliphatic heterocycles. The van der Waals surface area contributed by atoms with E-state index in [2.05, 4.69) is 15.3 Å². The van der Waals surface area contributed by atoms with Gasteiger partial charge in [-0.2, -0.15) is 0 Å². The SMILES string of the molecule is Cc1cc(-n2[nH]c(C)c(N=Nc3cccc(C4CCCC(C(=O)O)C4)c3O)c2=O)ccc1F. The van der Waals surface area contributed by atoms with Gasteiger partial charge in [-0.15, -0.1) is 10.2 Å². The first kappa shape index (κ1) is 22.4. The van der Waals surface area contributed by atoms with Gasteiger partial charge in [0.2, 0.25) is 0 Å². The number of carboxylic acids is 1. The van der Waals surface area contributed by atoms with Crippen LogP contribution in [0.5, 0.6) is 5.75 Å². The van der Waals surface area contributed by atoms with Gasteiger partial charge in [0.25, 0.3) is 5.56 Å². The Hall–Kier alpha value is -3.75. The predicted octanol–water partition coefficient (Wildman–Crippen LogP) is 5.40. The molecule has 2 aromatic carbocycles. The van der Waals surface area contributed by atoms with E-state index in [4.69, 9.17) is 0 Å². The van der Waals surface area contributed by atoms with Crippen molar-refractivity contribution >= 4 is 17.3 Å². The summed E-state index contributed by atoms with van der Waals surface area (Å²) in [5.74, 6) is -1.74. The van der Waals surface area contributed by atoms with E-state index >= 15 is 0 Å². The van der Waals surface area contributed by atoms with Crippen molar-refractivity contribution < 1.29 is 19.4 Å². The average Bonchev–Trinajstić information content (AvgIpc) is 3.08. The highest BCUT2D eigenvalue weighted by molar-refractivity contribution is 5.70. The van der Waals surface area contributed by atoms with E-state index in [1.54, 1.807) is 38.1 Å². The van der Waals surface area contributed by atoms with E-state index in [0.29, 0.717) is 35.3 Å². The number of carbonyl (C=O) groups is 1. The number of nitrogens with one attached hydrogen (secondary N) is 1. The summed E-state index contributed by atoms with van der Waals surface area (Å²) in [7, 11) is 0. The predicted molar refractivity (Wildman–Crippen MR) is 120 cm³/mol. The number of H-pyrrole nitrogens is 1. The monoisotopic (exact) mass is 452 g/mol. The molecule has 172 valence electrons. The van der Waals surface area contributed by atoms with Crippen molar-refractivity contribution in [3.63, 3.8) is 0 Å². The third-order valence-corrected chi connectivity index (χ3v) is 6.21. The molecule has 1 saturated carbocycles. The van der Waals surface area contributed by atoms with Gasteiger partial charge in [-0.1, -0.05) is 18.6 Å². The van der Waals surface area contributed by atoms with Crippen molar-refractivity contribution in [1.82, 2.24) is 9.78 Å². The van der Waals surface area contributed by atoms with Crippen LogP contribution >= 0.6 is 0 Å². The minimum absolute atomic E-state index is 0.0556. The summed E-state index contributed by atoms with van der Waals surface area (Å²) < 4.78 is 14.9. The highest BCUT2D eigenvalue weighted by Crippen LogP contribution is 2.43. The molecular formula is C24H25FN4O4. The Bertz CT molecular complexity index is 1290. The lowest BCUT2D eigenvalue weighted by Crippen LogP contribution is -2.21. The summed E-state index contributed by atoms with van der Waals surface area (Å²) in [5.41, 5.74) is 1.82. The number of aromatic nitrogens is 2. The Kier molecular flexibility index (Phi) is 6.13. The van der Waals surface area contributed by atoms with E-state index in [9.17, 15) is 24.2 Å². The number of aryl methyl sites for hydroxylation is 2. The summed E-state index contributed by atoms with van der Waals surface area (Å²) in [6.07, 6.45) is 2.66. The number of benzene rings is 2. The number of rotatable bonds is 5. The average molecular weight is 452 g/mol. The van der Waals surface area contributed by atoms with Crippen LogP contribution in [0, 0.1) is 25.6 Å². The Balaban J connectivity index is 1.63. The number of aliphatic carboxylic acids is 1. The largest absolute Gasteiger partial charge is 0.505 e. The van der Waals surface area contributed by atoms with Crippen LogP contribution in [-0.2, 0) is 4.79 Å². The topological polar surface area (TPSA) is 120 Å². The number of aromatic amines is 1. The zero-order valence-electron chi connectivity index (χ0n) is 18.4. The number of azo groups is 1. The van der Waals surface area contributed by atoms with Gasteiger partial charge in [0.1, 0.15) is 17.3 Å². The number of para-hydroxylation sites is 1. The van der Waals surface area contributed by atoms with Gasteiger partial charge in [0.05, 0.1) is 17.3 Å². The van der Waals surface area contributed by atoms with Crippen LogP contribution in [0.15, 0.2) is 51.4 Å². The number of aromatic hydroxyl groups is 1. The molecule has 2 atom stereocenters. The summed E-state index contributed by atoms with van der Waals surface area (Å²) in [6.45, 7) is 3.29. The molecule has 0 amide bonds. The molecule has 9 heteroatoms. The summed E-state index contributed by atoms with van der Waals surface area (Å²) in [4.78, 5) is 24.3. The molecule has 8 nitrogen and oxygen atoms in total. The lowest BCUT2D eigenvalue weighted by atomic mass is 9.77. The van der Waals surface area contributed by atoms with E-state index in [0.717, 1.165) is 12.8 Å². The van der Waals surface area contributed by atoms with Crippen molar-refractivity contribution in [2.45, 2.75) is 45.4 Å². The Morgan fingerprint density at radius 1 is 1.18 bits per heavy atom. The number of hydrogen-bond acceptors (Lipinski definition) is 5. The van der Waals surface area contributed by atoms with Crippen LogP contribution in [0.4, 0.5) is 15.8 Å². The number of hydrogen-bond donors (Lipinski definition) is 3. The molecule has 0 bridgehead atoms. The van der Waals surface area contributed by atoms with Crippen LogP contribution in [0.3, 0.4) is 0 Å². The molecular weight excluding hydrogens is 427 g/mol. The van der Waals surface area contributed by atoms with E-state index in [1.807, 2.05) is 0 Å². The fraction of sp³-hybridized carbons (Fsp3) is 0.333. The Morgan fingerprint density at radius 2 is 1.97 bits per heavy atom. The molecule has 4 rings (SSSR count). The maximum absolute atomic E-state index is 13.6. The molecule has 33 heavy (non-hydrogen) atoms. The van der Waals surface area contributed by atoms with Crippen LogP contribution < -0.4 is 5.56 Å². The van der Waals surface area contributed by atoms with Crippen molar-refractivity contribution in [3.8, 4) is 11.4 Å². The molecule has 1 heterocycles. The van der Waals surface area contributed by atoms with E-state index in [-0.39, 0.29) is 28.9 Å². The first-order valence-electron chi connectivity index (χ1n) is 10.8. The first-order valence-corrected chi connectivity index (χ1v) is 10.8. The Morgan fingerprint density at radius 3 is 2.70 bits per heavy atom. The third-order valence-electron chi connectivity index (χ3n) is 6.21. The fourth-order valence-corrected chi connectivity index (χ4v) is 4.36. The van der Waals surface area contributed by atoms with Gasteiger partial charge in [-0.05, 0) is 74.4 Å². The van der Waals surface area contributed by atoms with Crippen LogP contribution in [0.25, 0.3) is 5.69 Å². The van der Waals surface area contributed by atoms with Gasteiger partial charge < -0.3 is 10.2 Å². The number of nitrogens with zero attached hydrogens (tertiary/aromatic N) is 3. The van der Waals surface area contributed by atoms with Crippen molar-refractivity contribution in [2.75, 3.05) is 0 Å². The number of carboxylic acid groups (broad SMARTS) is 1. The third kappa shape index (κ3) is 4.44. The molecule has 1 aliphatic carbocycles. The second-order valence-corrected chi connectivity index (χ2v) is 8.47. The van der Waals surface area contributed by atoms with Gasteiger partial charge in [0, 0.05) is 0 Å². The fourth-order valence-electron chi connectivity index (χ4n) is 4.36. The summed E-state index contributed by atoms with van der Waals surface area (Å²) in [6, 6.07) is 9.43. The van der Waals surface area contributed by atoms with Gasteiger partial charge >= 0.3 is 5.97 Å². The minimum Gasteiger partial charge on any atom is -0.505 e. The minimum atomic E-state index is -0.814. The van der Waals surface area contributed by atoms with E-state index in [1.165, 1.54) is 16.8 Å². The van der Waals surface area contributed by atoms with Crippen LogP contribution in [0.1, 0.15) is 48.4 Å².